The van der Waals surface area contributed by atoms with E-state index in [1.807, 2.05) is 0 Å². The van der Waals surface area contributed by atoms with Gasteiger partial charge in [-0.05, 0) is 0 Å². The van der Waals surface area contributed by atoms with Crippen molar-refractivity contribution < 1.29 is 24.6 Å². The lowest BCUT2D eigenvalue weighted by atomic mass is 10.2. The van der Waals surface area contributed by atoms with Gasteiger partial charge in [0.15, 0.2) is 0 Å². The molecule has 8 nitrogen and oxygen atoms in total. The Morgan fingerprint density at radius 3 is 2.56 bits per heavy atom. The predicted molar refractivity (Wildman–Crippen MR) is 58.7 cm³/mol. The highest BCUT2D eigenvalue weighted by atomic mass is 16.4. The molecule has 0 aromatic carbocycles. The molecule has 1 unspecified atom stereocenters. The van der Waals surface area contributed by atoms with E-state index in [4.69, 9.17) is 10.2 Å². The maximum absolute atomic E-state index is 11.4. The zero-order valence-corrected chi connectivity index (χ0v) is 9.44. The lowest BCUT2D eigenvalue weighted by Crippen LogP contribution is -2.42. The number of hydrogen-bond donors (Lipinski definition) is 3. The van der Waals surface area contributed by atoms with Crippen LogP contribution in [0.25, 0.3) is 0 Å². The third kappa shape index (κ3) is 4.64. The lowest BCUT2D eigenvalue weighted by molar-refractivity contribution is -0.147. The summed E-state index contributed by atoms with van der Waals surface area (Å²) in [5, 5.41) is 19.4. The van der Waals surface area contributed by atoms with Crippen LogP contribution in [0.3, 0.4) is 0 Å². The van der Waals surface area contributed by atoms with Gasteiger partial charge in [-0.3, -0.25) is 9.59 Å². The highest BCUT2D eigenvalue weighted by molar-refractivity contribution is 5.86. The van der Waals surface area contributed by atoms with E-state index in [0.29, 0.717) is 6.54 Å². The fraction of sp³-hybridized carbons (Fsp3) is 0.400. The standard InChI is InChI=1S/C10H13N3O5/c14-8(1-3-13-4-2-11-6-13)12-7(10(17)18)5-9(15)16/h2,4,6-7H,1,3,5H2,(H,12,14)(H,15,16)(H,17,18). The van der Waals surface area contributed by atoms with E-state index in [9.17, 15) is 14.4 Å². The monoisotopic (exact) mass is 255 g/mol. The fourth-order valence-electron chi connectivity index (χ4n) is 1.29. The maximum atomic E-state index is 11.4. The first kappa shape index (κ1) is 13.7. The molecule has 0 radical (unpaired) electrons. The third-order valence-electron chi connectivity index (χ3n) is 2.17. The summed E-state index contributed by atoms with van der Waals surface area (Å²) in [4.78, 5) is 36.3. The molecule has 8 heteroatoms. The molecule has 0 aliphatic heterocycles. The zero-order valence-electron chi connectivity index (χ0n) is 9.44. The number of carbonyl (C=O) groups is 3. The predicted octanol–water partition coefficient (Wildman–Crippen LogP) is -0.683. The topological polar surface area (TPSA) is 122 Å². The molecule has 0 fully saturated rings. The van der Waals surface area contributed by atoms with Crippen molar-refractivity contribution in [3.05, 3.63) is 18.7 Å². The van der Waals surface area contributed by atoms with Crippen molar-refractivity contribution >= 4 is 17.8 Å². The highest BCUT2D eigenvalue weighted by Crippen LogP contribution is 1.96. The average Bonchev–Trinajstić information content (AvgIpc) is 2.77. The summed E-state index contributed by atoms with van der Waals surface area (Å²) >= 11 is 0. The van der Waals surface area contributed by atoms with Gasteiger partial charge in [0, 0.05) is 25.4 Å². The van der Waals surface area contributed by atoms with Crippen molar-refractivity contribution in [1.82, 2.24) is 14.9 Å². The second kappa shape index (κ2) is 6.38. The molecule has 1 amide bonds. The number of nitrogens with one attached hydrogen (secondary N) is 1. The molecule has 1 heterocycles. The van der Waals surface area contributed by atoms with Gasteiger partial charge in [0.2, 0.25) is 5.91 Å². The van der Waals surface area contributed by atoms with Crippen LogP contribution in [-0.4, -0.2) is 43.7 Å². The summed E-state index contributed by atoms with van der Waals surface area (Å²) in [6, 6.07) is -1.40. The van der Waals surface area contributed by atoms with E-state index in [-0.39, 0.29) is 6.42 Å². The lowest BCUT2D eigenvalue weighted by Gasteiger charge is -2.12. The second-order valence-electron chi connectivity index (χ2n) is 3.61. The van der Waals surface area contributed by atoms with Gasteiger partial charge < -0.3 is 20.1 Å². The number of hydrogen-bond acceptors (Lipinski definition) is 4. The summed E-state index contributed by atoms with van der Waals surface area (Å²) in [6.45, 7) is 0.352. The Labute approximate surface area is 102 Å². The molecule has 0 spiro atoms. The largest absolute Gasteiger partial charge is 0.481 e. The van der Waals surface area contributed by atoms with Crippen molar-refractivity contribution in [1.29, 1.82) is 0 Å². The molecule has 0 aliphatic rings. The molecular formula is C10H13N3O5. The molecule has 1 aromatic rings. The van der Waals surface area contributed by atoms with Gasteiger partial charge >= 0.3 is 11.9 Å². The number of amides is 1. The van der Waals surface area contributed by atoms with E-state index in [0.717, 1.165) is 0 Å². The number of aliphatic carboxylic acids is 2. The Morgan fingerprint density at radius 2 is 2.06 bits per heavy atom. The van der Waals surface area contributed by atoms with Crippen LogP contribution in [0.15, 0.2) is 18.7 Å². The summed E-state index contributed by atoms with van der Waals surface area (Å²) in [7, 11) is 0. The van der Waals surface area contributed by atoms with Crippen LogP contribution >= 0.6 is 0 Å². The van der Waals surface area contributed by atoms with Gasteiger partial charge in [-0.1, -0.05) is 0 Å². The van der Waals surface area contributed by atoms with E-state index >= 15 is 0 Å². The first-order chi connectivity index (χ1) is 8.49. The van der Waals surface area contributed by atoms with Gasteiger partial charge in [-0.15, -0.1) is 0 Å². The average molecular weight is 255 g/mol. The van der Waals surface area contributed by atoms with Crippen LogP contribution in [0, 0.1) is 0 Å². The van der Waals surface area contributed by atoms with Crippen LogP contribution in [0.1, 0.15) is 12.8 Å². The fourth-order valence-corrected chi connectivity index (χ4v) is 1.29. The molecule has 0 saturated carbocycles. The molecule has 1 atom stereocenters. The minimum absolute atomic E-state index is 0.0553. The summed E-state index contributed by atoms with van der Waals surface area (Å²) in [5.74, 6) is -3.16. The number of nitrogens with zero attached hydrogens (tertiary/aromatic N) is 2. The van der Waals surface area contributed by atoms with E-state index < -0.39 is 30.3 Å². The SMILES string of the molecule is O=C(O)CC(NC(=O)CCn1ccnc1)C(=O)O. The van der Waals surface area contributed by atoms with Gasteiger partial charge in [0.1, 0.15) is 6.04 Å². The van der Waals surface area contributed by atoms with Crippen molar-refractivity contribution in [2.24, 2.45) is 0 Å². The zero-order chi connectivity index (χ0) is 13.5. The first-order valence-corrected chi connectivity index (χ1v) is 5.18. The van der Waals surface area contributed by atoms with Crippen LogP contribution in [-0.2, 0) is 20.9 Å². The molecule has 0 aliphatic carbocycles. The Hall–Kier alpha value is -2.38. The van der Waals surface area contributed by atoms with Crippen LogP contribution in [0.5, 0.6) is 0 Å². The number of rotatable bonds is 7. The number of aromatic nitrogens is 2. The molecule has 0 bridgehead atoms. The van der Waals surface area contributed by atoms with Crippen molar-refractivity contribution in [2.45, 2.75) is 25.4 Å². The molecule has 98 valence electrons. The van der Waals surface area contributed by atoms with Gasteiger partial charge in [-0.25, -0.2) is 9.78 Å². The third-order valence-corrected chi connectivity index (χ3v) is 2.17. The Morgan fingerprint density at radius 1 is 1.33 bits per heavy atom. The van der Waals surface area contributed by atoms with Crippen molar-refractivity contribution in [2.75, 3.05) is 0 Å². The highest BCUT2D eigenvalue weighted by Gasteiger charge is 2.22. The van der Waals surface area contributed by atoms with Crippen molar-refractivity contribution in [3.8, 4) is 0 Å². The van der Waals surface area contributed by atoms with Crippen LogP contribution in [0.2, 0.25) is 0 Å². The van der Waals surface area contributed by atoms with Gasteiger partial charge in [0.25, 0.3) is 0 Å². The molecule has 0 saturated heterocycles. The molecular weight excluding hydrogens is 242 g/mol. The van der Waals surface area contributed by atoms with Gasteiger partial charge in [0.05, 0.1) is 12.7 Å². The summed E-state index contributed by atoms with van der Waals surface area (Å²) in [6.07, 6.45) is 4.16. The van der Waals surface area contributed by atoms with Gasteiger partial charge in [-0.2, -0.15) is 0 Å². The van der Waals surface area contributed by atoms with Crippen LogP contribution in [0.4, 0.5) is 0 Å². The van der Waals surface area contributed by atoms with E-state index in [1.54, 1.807) is 17.0 Å². The van der Waals surface area contributed by atoms with E-state index in [2.05, 4.69) is 10.3 Å². The number of carboxylic acid groups (broad SMARTS) is 2. The molecule has 18 heavy (non-hydrogen) atoms. The molecule has 1 rings (SSSR count). The number of carboxylic acids is 2. The Bertz CT molecular complexity index is 429. The Balaban J connectivity index is 2.41. The summed E-state index contributed by atoms with van der Waals surface area (Å²) in [5.41, 5.74) is 0. The quantitative estimate of drug-likeness (QED) is 0.593. The number of imidazole rings is 1. The van der Waals surface area contributed by atoms with Crippen LogP contribution < -0.4 is 5.32 Å². The second-order valence-corrected chi connectivity index (χ2v) is 3.61. The smallest absolute Gasteiger partial charge is 0.326 e. The summed E-state index contributed by atoms with van der Waals surface area (Å²) < 4.78 is 1.66. The minimum Gasteiger partial charge on any atom is -0.481 e. The maximum Gasteiger partial charge on any atom is 0.326 e. The normalized spacial score (nSPS) is 11.8. The molecule has 3 N–H and O–H groups in total. The van der Waals surface area contributed by atoms with E-state index in [1.165, 1.54) is 6.33 Å². The number of carbonyl (C=O) groups excluding carboxylic acids is 1. The minimum atomic E-state index is -1.40. The first-order valence-electron chi connectivity index (χ1n) is 5.18. The Kier molecular flexibility index (Phi) is 4.85. The van der Waals surface area contributed by atoms with Crippen molar-refractivity contribution in [3.63, 3.8) is 0 Å². The number of aryl methyl sites for hydroxylation is 1. The molecule has 1 aromatic heterocycles.